The normalized spacial score (nSPS) is 31.2. The standard InChI is InChI=1S/C21H27N5O2/c1-13-9-18(22)26(23-13)12-19(28)25-11-17(15-3-2-4-16(27)10-15)21-20(25)14-5-7-24(21)8-6-14/h2-4,9-10,14,17,20-21,27H,5-8,11-12,22H2,1H3/t17-,20+,21+/m1/s1. The molecule has 6 rings (SSSR count). The molecule has 0 saturated carbocycles. The van der Waals surface area contributed by atoms with Crippen LogP contribution in [0.1, 0.15) is 30.0 Å². The van der Waals surface area contributed by atoms with Crippen LogP contribution in [0.5, 0.6) is 5.75 Å². The molecule has 5 heterocycles. The largest absolute Gasteiger partial charge is 0.508 e. The number of amides is 1. The number of phenols is 1. The summed E-state index contributed by atoms with van der Waals surface area (Å²) in [6.45, 7) is 4.96. The van der Waals surface area contributed by atoms with Crippen LogP contribution in [0.3, 0.4) is 0 Å². The maximum atomic E-state index is 13.3. The van der Waals surface area contributed by atoms with Crippen molar-refractivity contribution in [2.45, 2.75) is 44.3 Å². The molecular formula is C21H27N5O2. The van der Waals surface area contributed by atoms with Gasteiger partial charge in [0.2, 0.25) is 5.91 Å². The smallest absolute Gasteiger partial charge is 0.244 e. The number of aromatic nitrogens is 2. The van der Waals surface area contributed by atoms with Gasteiger partial charge in [0.15, 0.2) is 0 Å². The van der Waals surface area contributed by atoms with E-state index >= 15 is 0 Å². The van der Waals surface area contributed by atoms with Crippen LogP contribution in [-0.4, -0.2) is 62.3 Å². The monoisotopic (exact) mass is 381 g/mol. The molecule has 4 fully saturated rings. The first kappa shape index (κ1) is 17.6. The number of likely N-dealkylation sites (tertiary alicyclic amines) is 1. The second kappa shape index (κ2) is 6.51. The van der Waals surface area contributed by atoms with Gasteiger partial charge in [-0.1, -0.05) is 12.1 Å². The Morgan fingerprint density at radius 1 is 1.25 bits per heavy atom. The number of aromatic hydroxyl groups is 1. The van der Waals surface area contributed by atoms with Gasteiger partial charge < -0.3 is 15.7 Å². The highest BCUT2D eigenvalue weighted by molar-refractivity contribution is 5.77. The van der Waals surface area contributed by atoms with Gasteiger partial charge in [-0.15, -0.1) is 0 Å². The number of anilines is 1. The molecule has 4 aliphatic heterocycles. The number of carbonyl (C=O) groups is 1. The van der Waals surface area contributed by atoms with Crippen molar-refractivity contribution in [3.05, 3.63) is 41.6 Å². The van der Waals surface area contributed by atoms with E-state index in [0.717, 1.165) is 37.2 Å². The van der Waals surface area contributed by atoms with E-state index in [1.165, 1.54) is 0 Å². The van der Waals surface area contributed by atoms with Crippen LogP contribution in [0, 0.1) is 12.8 Å². The van der Waals surface area contributed by atoms with Gasteiger partial charge in [0, 0.05) is 24.6 Å². The number of aryl methyl sites for hydroxylation is 1. The molecule has 0 radical (unpaired) electrons. The lowest BCUT2D eigenvalue weighted by molar-refractivity contribution is -0.136. The Morgan fingerprint density at radius 2 is 2.04 bits per heavy atom. The summed E-state index contributed by atoms with van der Waals surface area (Å²) in [5, 5.41) is 14.3. The molecular weight excluding hydrogens is 354 g/mol. The van der Waals surface area contributed by atoms with Gasteiger partial charge in [-0.25, -0.2) is 4.68 Å². The molecule has 3 atom stereocenters. The topological polar surface area (TPSA) is 87.6 Å². The first-order valence-electron chi connectivity index (χ1n) is 10.1. The van der Waals surface area contributed by atoms with Crippen molar-refractivity contribution in [1.29, 1.82) is 0 Å². The fourth-order valence-corrected chi connectivity index (χ4v) is 5.66. The summed E-state index contributed by atoms with van der Waals surface area (Å²) in [6, 6.07) is 9.89. The van der Waals surface area contributed by atoms with Crippen LogP contribution in [0.25, 0.3) is 0 Å². The number of phenolic OH excluding ortho intramolecular Hbond substituents is 1. The predicted octanol–water partition coefficient (Wildman–Crippen LogP) is 1.57. The Bertz CT molecular complexity index is 902. The van der Waals surface area contributed by atoms with Gasteiger partial charge in [-0.3, -0.25) is 9.69 Å². The first-order valence-corrected chi connectivity index (χ1v) is 10.1. The quantitative estimate of drug-likeness (QED) is 0.843. The number of piperidine rings is 3. The van der Waals surface area contributed by atoms with Crippen LogP contribution in [0.15, 0.2) is 30.3 Å². The SMILES string of the molecule is Cc1cc(N)n(CC(=O)N2C[C@H](c3cccc(O)c3)[C@H]3[C@@H]2C2CCN3CC2)n1. The number of benzene rings is 1. The summed E-state index contributed by atoms with van der Waals surface area (Å²) >= 11 is 0. The number of hydrogen-bond acceptors (Lipinski definition) is 5. The molecule has 0 aliphatic carbocycles. The lowest BCUT2D eigenvalue weighted by atomic mass is 9.75. The average Bonchev–Trinajstić information content (AvgIpc) is 3.24. The van der Waals surface area contributed by atoms with E-state index in [-0.39, 0.29) is 30.2 Å². The van der Waals surface area contributed by atoms with Crippen molar-refractivity contribution in [2.24, 2.45) is 5.92 Å². The molecule has 1 aromatic carbocycles. The molecule has 1 amide bonds. The highest BCUT2D eigenvalue weighted by Crippen LogP contribution is 2.46. The van der Waals surface area contributed by atoms with Crippen LogP contribution < -0.4 is 5.73 Å². The molecule has 7 nitrogen and oxygen atoms in total. The number of nitrogens with zero attached hydrogens (tertiary/aromatic N) is 4. The van der Waals surface area contributed by atoms with Gasteiger partial charge in [-0.05, 0) is 56.5 Å². The third-order valence-corrected chi connectivity index (χ3v) is 6.83. The predicted molar refractivity (Wildman–Crippen MR) is 106 cm³/mol. The van der Waals surface area contributed by atoms with E-state index in [9.17, 15) is 9.90 Å². The summed E-state index contributed by atoms with van der Waals surface area (Å²) in [5.74, 6) is 1.68. The third kappa shape index (κ3) is 2.76. The molecule has 3 N–H and O–H groups in total. The number of carbonyl (C=O) groups excluding carboxylic acids is 1. The van der Waals surface area contributed by atoms with E-state index in [0.29, 0.717) is 24.3 Å². The third-order valence-electron chi connectivity index (χ3n) is 6.83. The van der Waals surface area contributed by atoms with Crippen LogP contribution >= 0.6 is 0 Å². The van der Waals surface area contributed by atoms with E-state index in [2.05, 4.69) is 21.0 Å². The Morgan fingerprint density at radius 3 is 2.71 bits per heavy atom. The van der Waals surface area contributed by atoms with Crippen LogP contribution in [-0.2, 0) is 11.3 Å². The van der Waals surface area contributed by atoms with Crippen molar-refractivity contribution < 1.29 is 9.90 Å². The molecule has 4 saturated heterocycles. The molecule has 7 heteroatoms. The molecule has 28 heavy (non-hydrogen) atoms. The summed E-state index contributed by atoms with van der Waals surface area (Å²) in [7, 11) is 0. The Balaban J connectivity index is 1.46. The van der Waals surface area contributed by atoms with Crippen LogP contribution in [0.4, 0.5) is 5.82 Å². The molecule has 2 bridgehead atoms. The minimum atomic E-state index is 0.0844. The van der Waals surface area contributed by atoms with Gasteiger partial charge in [0.1, 0.15) is 18.1 Å². The maximum Gasteiger partial charge on any atom is 0.244 e. The summed E-state index contributed by atoms with van der Waals surface area (Å²) in [6.07, 6.45) is 2.31. The number of hydrogen-bond donors (Lipinski definition) is 2. The zero-order valence-electron chi connectivity index (χ0n) is 16.2. The summed E-state index contributed by atoms with van der Waals surface area (Å²) in [4.78, 5) is 17.9. The van der Waals surface area contributed by atoms with Crippen molar-refractivity contribution in [3.63, 3.8) is 0 Å². The van der Waals surface area contributed by atoms with Crippen molar-refractivity contribution in [1.82, 2.24) is 19.6 Å². The van der Waals surface area contributed by atoms with Gasteiger partial charge >= 0.3 is 0 Å². The Labute approximate surface area is 164 Å². The van der Waals surface area contributed by atoms with E-state index in [1.54, 1.807) is 16.8 Å². The second-order valence-corrected chi connectivity index (χ2v) is 8.47. The molecule has 0 spiro atoms. The average molecular weight is 381 g/mol. The van der Waals surface area contributed by atoms with E-state index in [1.807, 2.05) is 19.1 Å². The number of nitrogens with two attached hydrogens (primary N) is 1. The molecule has 0 unspecified atom stereocenters. The summed E-state index contributed by atoms with van der Waals surface area (Å²) < 4.78 is 1.61. The minimum Gasteiger partial charge on any atom is -0.508 e. The maximum absolute atomic E-state index is 13.3. The lowest BCUT2D eigenvalue weighted by Crippen LogP contribution is -2.61. The fraction of sp³-hybridized carbons (Fsp3) is 0.524. The zero-order chi connectivity index (χ0) is 19.4. The number of fused-ring (bicyclic) bond motifs is 2. The Kier molecular flexibility index (Phi) is 4.08. The van der Waals surface area contributed by atoms with Gasteiger partial charge in [0.05, 0.1) is 11.7 Å². The van der Waals surface area contributed by atoms with Crippen molar-refractivity contribution >= 4 is 11.7 Å². The lowest BCUT2D eigenvalue weighted by Gasteiger charge is -2.51. The summed E-state index contributed by atoms with van der Waals surface area (Å²) in [5.41, 5.74) is 7.95. The van der Waals surface area contributed by atoms with E-state index < -0.39 is 0 Å². The highest BCUT2D eigenvalue weighted by Gasteiger charge is 2.54. The fourth-order valence-electron chi connectivity index (χ4n) is 5.66. The molecule has 2 aromatic rings. The van der Waals surface area contributed by atoms with Crippen molar-refractivity contribution in [3.8, 4) is 5.75 Å². The Hall–Kier alpha value is -2.54. The number of nitrogen functional groups attached to an aromatic ring is 1. The first-order chi connectivity index (χ1) is 13.5. The highest BCUT2D eigenvalue weighted by atomic mass is 16.3. The van der Waals surface area contributed by atoms with Crippen molar-refractivity contribution in [2.75, 3.05) is 25.4 Å². The van der Waals surface area contributed by atoms with E-state index in [4.69, 9.17) is 5.73 Å². The number of rotatable bonds is 3. The zero-order valence-corrected chi connectivity index (χ0v) is 16.2. The van der Waals surface area contributed by atoms with Crippen LogP contribution in [0.2, 0.25) is 0 Å². The molecule has 1 aromatic heterocycles. The molecule has 148 valence electrons. The second-order valence-electron chi connectivity index (χ2n) is 8.47. The minimum absolute atomic E-state index is 0.0844. The molecule has 4 aliphatic rings. The van der Waals surface area contributed by atoms with Gasteiger partial charge in [-0.2, -0.15) is 5.10 Å². The van der Waals surface area contributed by atoms with Gasteiger partial charge in [0.25, 0.3) is 0 Å².